The van der Waals surface area contributed by atoms with Gasteiger partial charge in [-0.3, -0.25) is 9.79 Å². The van der Waals surface area contributed by atoms with E-state index in [2.05, 4.69) is 65.7 Å². The third kappa shape index (κ3) is 5.35. The molecule has 5 heteroatoms. The first kappa shape index (κ1) is 21.2. The summed E-state index contributed by atoms with van der Waals surface area (Å²) in [5, 5.41) is 3.41. The molecule has 2 aromatic rings. The SMILES string of the molecule is CCNC(=NCCCC(=O)N1Cc2ccccc2C1)N1CC=C(c2ccccc2)CC1. The summed E-state index contributed by atoms with van der Waals surface area (Å²) in [7, 11) is 0. The Balaban J connectivity index is 1.27. The summed E-state index contributed by atoms with van der Waals surface area (Å²) in [4.78, 5) is 21.7. The van der Waals surface area contributed by atoms with Gasteiger partial charge in [0.2, 0.25) is 5.91 Å². The highest BCUT2D eigenvalue weighted by Crippen LogP contribution is 2.23. The molecule has 0 saturated heterocycles. The Bertz CT molecular complexity index is 926. The van der Waals surface area contributed by atoms with Gasteiger partial charge in [-0.05, 0) is 42.0 Å². The topological polar surface area (TPSA) is 47.9 Å². The standard InChI is InChI=1S/C26H32N4O/c1-2-27-26(29-17-14-22(15-18-29)21-9-4-3-5-10-21)28-16-8-13-25(31)30-19-23-11-6-7-12-24(23)20-30/h3-7,9-12,14H,2,8,13,15-20H2,1H3,(H,27,28). The first-order chi connectivity index (χ1) is 15.2. The number of amides is 1. The lowest BCUT2D eigenvalue weighted by Gasteiger charge is -2.30. The predicted molar refractivity (Wildman–Crippen MR) is 127 cm³/mol. The van der Waals surface area contributed by atoms with Crippen LogP contribution in [0.25, 0.3) is 5.57 Å². The molecule has 5 nitrogen and oxygen atoms in total. The van der Waals surface area contributed by atoms with E-state index in [1.807, 2.05) is 17.0 Å². The van der Waals surface area contributed by atoms with E-state index in [1.165, 1.54) is 22.3 Å². The van der Waals surface area contributed by atoms with Gasteiger partial charge < -0.3 is 15.1 Å². The van der Waals surface area contributed by atoms with Gasteiger partial charge in [-0.2, -0.15) is 0 Å². The summed E-state index contributed by atoms with van der Waals surface area (Å²) in [5.41, 5.74) is 5.27. The maximum Gasteiger partial charge on any atom is 0.223 e. The van der Waals surface area contributed by atoms with Crippen LogP contribution in [0.2, 0.25) is 0 Å². The molecule has 0 atom stereocenters. The molecule has 1 N–H and O–H groups in total. The van der Waals surface area contributed by atoms with Crippen LogP contribution < -0.4 is 5.32 Å². The number of nitrogens with one attached hydrogen (secondary N) is 1. The number of guanidine groups is 1. The van der Waals surface area contributed by atoms with Crippen LogP contribution in [0.5, 0.6) is 0 Å². The van der Waals surface area contributed by atoms with Gasteiger partial charge in [0.1, 0.15) is 0 Å². The zero-order valence-electron chi connectivity index (χ0n) is 18.4. The summed E-state index contributed by atoms with van der Waals surface area (Å²) in [5.74, 6) is 1.18. The van der Waals surface area contributed by atoms with E-state index in [1.54, 1.807) is 0 Å². The Morgan fingerprint density at radius 1 is 1.00 bits per heavy atom. The van der Waals surface area contributed by atoms with E-state index in [9.17, 15) is 4.79 Å². The first-order valence-electron chi connectivity index (χ1n) is 11.4. The van der Waals surface area contributed by atoms with Crippen molar-refractivity contribution in [3.63, 3.8) is 0 Å². The first-order valence-corrected chi connectivity index (χ1v) is 11.4. The van der Waals surface area contributed by atoms with Crippen molar-refractivity contribution in [2.45, 2.75) is 39.3 Å². The molecule has 4 rings (SSSR count). The Kier molecular flexibility index (Phi) is 7.03. The van der Waals surface area contributed by atoms with Crippen molar-refractivity contribution in [1.29, 1.82) is 0 Å². The lowest BCUT2D eigenvalue weighted by molar-refractivity contribution is -0.131. The second-order valence-corrected chi connectivity index (χ2v) is 8.15. The monoisotopic (exact) mass is 416 g/mol. The molecule has 0 unspecified atom stereocenters. The largest absolute Gasteiger partial charge is 0.357 e. The molecule has 2 aromatic carbocycles. The number of carbonyl (C=O) groups is 1. The van der Waals surface area contributed by atoms with Crippen molar-refractivity contribution < 1.29 is 4.79 Å². The number of fused-ring (bicyclic) bond motifs is 1. The van der Waals surface area contributed by atoms with Gasteiger partial charge in [-0.15, -0.1) is 0 Å². The van der Waals surface area contributed by atoms with Crippen LogP contribution in [0.1, 0.15) is 42.9 Å². The molecule has 162 valence electrons. The van der Waals surface area contributed by atoms with Gasteiger partial charge in [-0.1, -0.05) is 60.7 Å². The normalized spacial score (nSPS) is 16.2. The number of rotatable bonds is 6. The molecule has 0 aliphatic carbocycles. The second-order valence-electron chi connectivity index (χ2n) is 8.15. The predicted octanol–water partition coefficient (Wildman–Crippen LogP) is 4.06. The smallest absolute Gasteiger partial charge is 0.223 e. The van der Waals surface area contributed by atoms with Crippen LogP contribution >= 0.6 is 0 Å². The van der Waals surface area contributed by atoms with E-state index in [0.29, 0.717) is 13.0 Å². The minimum Gasteiger partial charge on any atom is -0.357 e. The number of carbonyl (C=O) groups excluding carboxylic acids is 1. The molecule has 0 spiro atoms. The maximum atomic E-state index is 12.6. The van der Waals surface area contributed by atoms with Crippen molar-refractivity contribution in [3.05, 3.63) is 77.4 Å². The van der Waals surface area contributed by atoms with Gasteiger partial charge in [0.05, 0.1) is 0 Å². The number of benzene rings is 2. The molecule has 31 heavy (non-hydrogen) atoms. The molecule has 0 bridgehead atoms. The van der Waals surface area contributed by atoms with E-state index >= 15 is 0 Å². The molecule has 0 saturated carbocycles. The molecular weight excluding hydrogens is 384 g/mol. The van der Waals surface area contributed by atoms with Gasteiger partial charge >= 0.3 is 0 Å². The maximum absolute atomic E-state index is 12.6. The van der Waals surface area contributed by atoms with Gasteiger partial charge in [-0.25, -0.2) is 0 Å². The third-order valence-electron chi connectivity index (χ3n) is 5.99. The fraction of sp³-hybridized carbons (Fsp3) is 0.385. The summed E-state index contributed by atoms with van der Waals surface area (Å²) in [6.07, 6.45) is 4.65. The Morgan fingerprint density at radius 3 is 2.35 bits per heavy atom. The fourth-order valence-electron chi connectivity index (χ4n) is 4.28. The minimum atomic E-state index is 0.227. The van der Waals surface area contributed by atoms with Gasteiger partial charge in [0.25, 0.3) is 0 Å². The average Bonchev–Trinajstić information content (AvgIpc) is 3.26. The average molecular weight is 417 g/mol. The highest BCUT2D eigenvalue weighted by molar-refractivity contribution is 5.81. The van der Waals surface area contributed by atoms with E-state index < -0.39 is 0 Å². The molecule has 0 fully saturated rings. The minimum absolute atomic E-state index is 0.227. The summed E-state index contributed by atoms with van der Waals surface area (Å²) < 4.78 is 0. The summed E-state index contributed by atoms with van der Waals surface area (Å²) >= 11 is 0. The lowest BCUT2D eigenvalue weighted by atomic mass is 10.00. The summed E-state index contributed by atoms with van der Waals surface area (Å²) in [6, 6.07) is 18.9. The van der Waals surface area contributed by atoms with Crippen molar-refractivity contribution in [2.75, 3.05) is 26.2 Å². The lowest BCUT2D eigenvalue weighted by Crippen LogP contribution is -2.43. The fourth-order valence-corrected chi connectivity index (χ4v) is 4.28. The third-order valence-corrected chi connectivity index (χ3v) is 5.99. The van der Waals surface area contributed by atoms with Crippen molar-refractivity contribution in [3.8, 4) is 0 Å². The van der Waals surface area contributed by atoms with E-state index in [4.69, 9.17) is 4.99 Å². The van der Waals surface area contributed by atoms with Crippen LogP contribution in [0.15, 0.2) is 65.7 Å². The Morgan fingerprint density at radius 2 is 1.71 bits per heavy atom. The van der Waals surface area contributed by atoms with Gasteiger partial charge in [0, 0.05) is 45.7 Å². The van der Waals surface area contributed by atoms with Crippen LogP contribution in [-0.2, 0) is 17.9 Å². The number of hydrogen-bond donors (Lipinski definition) is 1. The van der Waals surface area contributed by atoms with Gasteiger partial charge in [0.15, 0.2) is 5.96 Å². The quantitative estimate of drug-likeness (QED) is 0.439. The molecule has 2 aliphatic rings. The van der Waals surface area contributed by atoms with Crippen molar-refractivity contribution in [1.82, 2.24) is 15.1 Å². The molecule has 2 aliphatic heterocycles. The number of hydrogen-bond acceptors (Lipinski definition) is 2. The Hall–Kier alpha value is -3.08. The molecule has 0 aromatic heterocycles. The number of nitrogens with zero attached hydrogens (tertiary/aromatic N) is 3. The zero-order chi connectivity index (χ0) is 21.5. The summed E-state index contributed by atoms with van der Waals surface area (Å²) in [6.45, 7) is 6.91. The van der Waals surface area contributed by atoms with Crippen LogP contribution in [0.4, 0.5) is 0 Å². The molecule has 1 amide bonds. The molecular formula is C26H32N4O. The Labute approximate surface area is 185 Å². The van der Waals surface area contributed by atoms with Crippen LogP contribution in [0, 0.1) is 0 Å². The van der Waals surface area contributed by atoms with Crippen LogP contribution in [0.3, 0.4) is 0 Å². The highest BCUT2D eigenvalue weighted by atomic mass is 16.2. The van der Waals surface area contributed by atoms with E-state index in [0.717, 1.165) is 51.5 Å². The zero-order valence-corrected chi connectivity index (χ0v) is 18.4. The highest BCUT2D eigenvalue weighted by Gasteiger charge is 2.22. The second kappa shape index (κ2) is 10.3. The van der Waals surface area contributed by atoms with Crippen molar-refractivity contribution in [2.24, 2.45) is 4.99 Å². The van der Waals surface area contributed by atoms with Crippen LogP contribution in [-0.4, -0.2) is 47.8 Å². The molecule has 2 heterocycles. The molecule has 0 radical (unpaired) electrons. The number of aliphatic imine (C=N–C) groups is 1. The van der Waals surface area contributed by atoms with E-state index in [-0.39, 0.29) is 5.91 Å². The van der Waals surface area contributed by atoms with Crippen molar-refractivity contribution >= 4 is 17.4 Å².